The van der Waals surface area contributed by atoms with Crippen LogP contribution in [0.3, 0.4) is 0 Å². The second kappa shape index (κ2) is 8.89. The van der Waals surface area contributed by atoms with Crippen LogP contribution in [0, 0.1) is 37.0 Å². The number of piperidine rings is 1. The summed E-state index contributed by atoms with van der Waals surface area (Å²) in [4.78, 5) is 15.2. The summed E-state index contributed by atoms with van der Waals surface area (Å²) in [5.41, 5.74) is 2.57. The second-order valence-electron chi connectivity index (χ2n) is 9.17. The summed E-state index contributed by atoms with van der Waals surface area (Å²) < 4.78 is 7.88. The maximum absolute atomic E-state index is 12.9. The number of likely N-dealkylation sites (tertiary alicyclic amines) is 1. The van der Waals surface area contributed by atoms with Crippen molar-refractivity contribution in [1.29, 1.82) is 5.26 Å². The lowest BCUT2D eigenvalue weighted by Crippen LogP contribution is -2.45. The highest BCUT2D eigenvalue weighted by atomic mass is 16.5. The van der Waals surface area contributed by atoms with Gasteiger partial charge in [0.15, 0.2) is 0 Å². The maximum atomic E-state index is 12.9. The van der Waals surface area contributed by atoms with Gasteiger partial charge in [-0.3, -0.25) is 9.69 Å². The molecule has 1 aromatic heterocycles. The van der Waals surface area contributed by atoms with E-state index in [1.807, 2.05) is 13.8 Å². The number of carbonyl (C=O) groups is 1. The Hall–Kier alpha value is -1.84. The normalized spacial score (nSPS) is 27.4. The summed E-state index contributed by atoms with van der Waals surface area (Å²) in [7, 11) is 0. The first-order chi connectivity index (χ1) is 14.1. The monoisotopic (exact) mass is 398 g/mol. The molecule has 3 heterocycles. The van der Waals surface area contributed by atoms with Crippen molar-refractivity contribution < 1.29 is 9.53 Å². The Bertz CT molecular complexity index is 788. The molecule has 1 aromatic rings. The average Bonchev–Trinajstić information content (AvgIpc) is 3.31. The third-order valence-corrected chi connectivity index (χ3v) is 7.35. The lowest BCUT2D eigenvalue weighted by molar-refractivity contribution is -0.118. The molecule has 2 saturated heterocycles. The van der Waals surface area contributed by atoms with Crippen LogP contribution in [0.15, 0.2) is 0 Å². The SMILES string of the molecule is Cc1c(C#N)c(NC(=O)CN2CCC3CCCCC3C2)n(CC2CCCO2)c1C. The van der Waals surface area contributed by atoms with E-state index in [4.69, 9.17) is 4.74 Å². The van der Waals surface area contributed by atoms with E-state index in [2.05, 4.69) is 20.9 Å². The van der Waals surface area contributed by atoms with Crippen molar-refractivity contribution in [2.75, 3.05) is 31.6 Å². The number of aromatic nitrogens is 1. The molecule has 6 heteroatoms. The fourth-order valence-electron chi connectivity index (χ4n) is 5.55. The number of nitrogens with one attached hydrogen (secondary N) is 1. The van der Waals surface area contributed by atoms with E-state index in [0.29, 0.717) is 24.5 Å². The molecule has 1 amide bonds. The minimum absolute atomic E-state index is 0.0122. The fourth-order valence-corrected chi connectivity index (χ4v) is 5.55. The minimum atomic E-state index is -0.0122. The molecule has 3 atom stereocenters. The van der Waals surface area contributed by atoms with Gasteiger partial charge in [-0.05, 0) is 63.5 Å². The molecule has 6 nitrogen and oxygen atoms in total. The van der Waals surface area contributed by atoms with Crippen LogP contribution in [0.5, 0.6) is 0 Å². The van der Waals surface area contributed by atoms with Crippen LogP contribution in [0.2, 0.25) is 0 Å². The summed E-state index contributed by atoms with van der Waals surface area (Å²) in [5, 5.41) is 12.8. The van der Waals surface area contributed by atoms with Crippen molar-refractivity contribution in [1.82, 2.24) is 9.47 Å². The largest absolute Gasteiger partial charge is 0.376 e. The first-order valence-corrected chi connectivity index (χ1v) is 11.3. The van der Waals surface area contributed by atoms with E-state index in [-0.39, 0.29) is 12.0 Å². The van der Waals surface area contributed by atoms with Crippen LogP contribution < -0.4 is 5.32 Å². The third-order valence-electron chi connectivity index (χ3n) is 7.35. The van der Waals surface area contributed by atoms with Crippen molar-refractivity contribution in [2.24, 2.45) is 11.8 Å². The summed E-state index contributed by atoms with van der Waals surface area (Å²) >= 11 is 0. The minimum Gasteiger partial charge on any atom is -0.376 e. The predicted octanol–water partition coefficient (Wildman–Crippen LogP) is 3.61. The van der Waals surface area contributed by atoms with Crippen LogP contribution in [0.4, 0.5) is 5.82 Å². The lowest BCUT2D eigenvalue weighted by Gasteiger charge is -2.41. The molecule has 1 saturated carbocycles. The summed E-state index contributed by atoms with van der Waals surface area (Å²) in [6, 6.07) is 2.31. The number of hydrogen-bond donors (Lipinski definition) is 1. The van der Waals surface area contributed by atoms with Gasteiger partial charge in [-0.2, -0.15) is 5.26 Å². The summed E-state index contributed by atoms with van der Waals surface area (Å²) in [6.45, 7) is 7.94. The number of carbonyl (C=O) groups excluding carboxylic acids is 1. The summed E-state index contributed by atoms with van der Waals surface area (Å²) in [6.07, 6.45) is 8.87. The number of hydrogen-bond acceptors (Lipinski definition) is 4. The van der Waals surface area contributed by atoms with Gasteiger partial charge >= 0.3 is 0 Å². The average molecular weight is 399 g/mol. The standard InChI is InChI=1S/C23H34N4O2/c1-16-17(2)27(14-20-8-5-11-29-20)23(21(16)12-24)25-22(28)15-26-10-9-18-6-3-4-7-19(18)13-26/h18-20H,3-11,13-15H2,1-2H3,(H,25,28). The molecule has 0 radical (unpaired) electrons. The molecule has 1 N–H and O–H groups in total. The van der Waals surface area contributed by atoms with E-state index in [1.54, 1.807) is 0 Å². The third kappa shape index (κ3) is 4.36. The van der Waals surface area contributed by atoms with Crippen LogP contribution in [0.1, 0.15) is 61.8 Å². The van der Waals surface area contributed by atoms with Crippen molar-refractivity contribution in [3.05, 3.63) is 16.8 Å². The molecule has 4 rings (SSSR count). The van der Waals surface area contributed by atoms with Gasteiger partial charge in [-0.25, -0.2) is 0 Å². The molecule has 0 bridgehead atoms. The molecule has 3 unspecified atom stereocenters. The molecule has 158 valence electrons. The van der Waals surface area contributed by atoms with Crippen molar-refractivity contribution >= 4 is 11.7 Å². The Morgan fingerprint density at radius 3 is 2.69 bits per heavy atom. The van der Waals surface area contributed by atoms with Crippen LogP contribution in [-0.2, 0) is 16.1 Å². The van der Waals surface area contributed by atoms with Gasteiger partial charge in [0.05, 0.1) is 24.8 Å². The van der Waals surface area contributed by atoms with E-state index in [0.717, 1.165) is 55.6 Å². The Balaban J connectivity index is 1.44. The van der Waals surface area contributed by atoms with E-state index >= 15 is 0 Å². The second-order valence-corrected chi connectivity index (χ2v) is 9.17. The van der Waals surface area contributed by atoms with Crippen LogP contribution in [-0.4, -0.2) is 47.7 Å². The van der Waals surface area contributed by atoms with Gasteiger partial charge in [0.1, 0.15) is 11.9 Å². The van der Waals surface area contributed by atoms with Gasteiger partial charge < -0.3 is 14.6 Å². The predicted molar refractivity (Wildman–Crippen MR) is 113 cm³/mol. The number of nitriles is 1. The molecular weight excluding hydrogens is 364 g/mol. The van der Waals surface area contributed by atoms with Crippen molar-refractivity contribution in [3.8, 4) is 6.07 Å². The Morgan fingerprint density at radius 1 is 1.17 bits per heavy atom. The molecular formula is C23H34N4O2. The Kier molecular flexibility index (Phi) is 6.26. The first-order valence-electron chi connectivity index (χ1n) is 11.3. The van der Waals surface area contributed by atoms with Crippen molar-refractivity contribution in [3.63, 3.8) is 0 Å². The number of anilines is 1. The van der Waals surface area contributed by atoms with Gasteiger partial charge in [-0.1, -0.05) is 19.3 Å². The smallest absolute Gasteiger partial charge is 0.239 e. The van der Waals surface area contributed by atoms with Gasteiger partial charge in [0.25, 0.3) is 0 Å². The van der Waals surface area contributed by atoms with E-state index in [9.17, 15) is 10.1 Å². The number of nitrogens with zero attached hydrogens (tertiary/aromatic N) is 3. The molecule has 0 aromatic carbocycles. The molecule has 3 fully saturated rings. The van der Waals surface area contributed by atoms with Gasteiger partial charge in [0.2, 0.25) is 5.91 Å². The first kappa shape index (κ1) is 20.4. The quantitative estimate of drug-likeness (QED) is 0.823. The number of amides is 1. The van der Waals surface area contributed by atoms with E-state index in [1.165, 1.54) is 32.1 Å². The fraction of sp³-hybridized carbons (Fsp3) is 0.739. The molecule has 1 aliphatic carbocycles. The molecule has 0 spiro atoms. The molecule has 2 aliphatic heterocycles. The zero-order valence-electron chi connectivity index (χ0n) is 17.9. The highest BCUT2D eigenvalue weighted by Gasteiger charge is 2.32. The number of ether oxygens (including phenoxy) is 1. The number of rotatable bonds is 5. The van der Waals surface area contributed by atoms with Crippen molar-refractivity contribution in [2.45, 2.75) is 71.4 Å². The van der Waals surface area contributed by atoms with Gasteiger partial charge in [-0.15, -0.1) is 0 Å². The Morgan fingerprint density at radius 2 is 1.97 bits per heavy atom. The zero-order chi connectivity index (χ0) is 20.4. The summed E-state index contributed by atoms with van der Waals surface area (Å²) in [5.74, 6) is 2.26. The van der Waals surface area contributed by atoms with Crippen LogP contribution in [0.25, 0.3) is 0 Å². The zero-order valence-corrected chi connectivity index (χ0v) is 17.9. The van der Waals surface area contributed by atoms with Crippen LogP contribution >= 0.6 is 0 Å². The molecule has 3 aliphatic rings. The highest BCUT2D eigenvalue weighted by molar-refractivity contribution is 5.93. The maximum Gasteiger partial charge on any atom is 0.239 e. The number of fused-ring (bicyclic) bond motifs is 1. The van der Waals surface area contributed by atoms with E-state index < -0.39 is 0 Å². The lowest BCUT2D eigenvalue weighted by atomic mass is 9.75. The Labute approximate surface area is 174 Å². The highest BCUT2D eigenvalue weighted by Crippen LogP contribution is 2.36. The molecule has 29 heavy (non-hydrogen) atoms. The van der Waals surface area contributed by atoms with Gasteiger partial charge in [0, 0.05) is 18.8 Å². The topological polar surface area (TPSA) is 70.3 Å².